The van der Waals surface area contributed by atoms with Crippen molar-refractivity contribution < 1.29 is 23.8 Å². The number of aryl methyl sites for hydroxylation is 2. The second-order valence-electron chi connectivity index (χ2n) is 5.80. The number of benzene rings is 2. The maximum atomic E-state index is 12.0. The SMILES string of the molecule is COc1cccc(CCC(=O)NNC(=O)COc2ccccc2C)c1OC. The van der Waals surface area contributed by atoms with Gasteiger partial charge in [0.15, 0.2) is 18.1 Å². The Morgan fingerprint density at radius 1 is 0.889 bits per heavy atom. The molecule has 0 radical (unpaired) electrons. The third-order valence-corrected chi connectivity index (χ3v) is 3.90. The molecule has 0 aromatic heterocycles. The first-order valence-corrected chi connectivity index (χ1v) is 8.51. The van der Waals surface area contributed by atoms with Gasteiger partial charge in [0.05, 0.1) is 14.2 Å². The second-order valence-corrected chi connectivity index (χ2v) is 5.80. The summed E-state index contributed by atoms with van der Waals surface area (Å²) in [5.41, 5.74) is 6.50. The van der Waals surface area contributed by atoms with Crippen LogP contribution in [-0.2, 0) is 16.0 Å². The van der Waals surface area contributed by atoms with Crippen LogP contribution in [0.3, 0.4) is 0 Å². The fourth-order valence-corrected chi connectivity index (χ4v) is 2.50. The van der Waals surface area contributed by atoms with Crippen molar-refractivity contribution >= 4 is 11.8 Å². The van der Waals surface area contributed by atoms with E-state index in [1.807, 2.05) is 37.3 Å². The predicted molar refractivity (Wildman–Crippen MR) is 101 cm³/mol. The third kappa shape index (κ3) is 5.91. The molecule has 0 atom stereocenters. The molecule has 2 rings (SSSR count). The normalized spacial score (nSPS) is 10.0. The molecule has 27 heavy (non-hydrogen) atoms. The van der Waals surface area contributed by atoms with E-state index in [4.69, 9.17) is 14.2 Å². The average molecular weight is 372 g/mol. The average Bonchev–Trinajstić information content (AvgIpc) is 2.69. The van der Waals surface area contributed by atoms with Crippen LogP contribution in [0.5, 0.6) is 17.2 Å². The molecule has 2 amide bonds. The number of para-hydroxylation sites is 2. The van der Waals surface area contributed by atoms with Crippen molar-refractivity contribution in [1.29, 1.82) is 0 Å². The van der Waals surface area contributed by atoms with Crippen LogP contribution in [-0.4, -0.2) is 32.6 Å². The van der Waals surface area contributed by atoms with Crippen molar-refractivity contribution in [2.75, 3.05) is 20.8 Å². The number of carbonyl (C=O) groups is 2. The molecule has 2 aromatic carbocycles. The minimum Gasteiger partial charge on any atom is -0.493 e. The molecule has 0 fully saturated rings. The van der Waals surface area contributed by atoms with Crippen LogP contribution >= 0.6 is 0 Å². The topological polar surface area (TPSA) is 85.9 Å². The summed E-state index contributed by atoms with van der Waals surface area (Å²) in [5.74, 6) is 1.08. The Balaban J connectivity index is 1.76. The Labute approximate surface area is 158 Å². The van der Waals surface area contributed by atoms with Crippen LogP contribution < -0.4 is 25.1 Å². The molecule has 0 bridgehead atoms. The minimum absolute atomic E-state index is 0.183. The number of carbonyl (C=O) groups excluding carboxylic acids is 2. The predicted octanol–water partition coefficient (Wildman–Crippen LogP) is 2.17. The molecule has 0 aliphatic carbocycles. The van der Waals surface area contributed by atoms with Crippen LogP contribution in [0.15, 0.2) is 42.5 Å². The van der Waals surface area contributed by atoms with E-state index in [1.165, 1.54) is 0 Å². The molecule has 2 aromatic rings. The summed E-state index contributed by atoms with van der Waals surface area (Å²) in [5, 5.41) is 0. The summed E-state index contributed by atoms with van der Waals surface area (Å²) in [4.78, 5) is 23.8. The number of nitrogens with one attached hydrogen (secondary N) is 2. The van der Waals surface area contributed by atoms with Gasteiger partial charge >= 0.3 is 0 Å². The molecule has 0 spiro atoms. The van der Waals surface area contributed by atoms with Gasteiger partial charge in [-0.3, -0.25) is 20.4 Å². The Bertz CT molecular complexity index is 792. The van der Waals surface area contributed by atoms with Crippen molar-refractivity contribution in [1.82, 2.24) is 10.9 Å². The molecule has 0 unspecified atom stereocenters. The van der Waals surface area contributed by atoms with Gasteiger partial charge in [-0.2, -0.15) is 0 Å². The smallest absolute Gasteiger partial charge is 0.276 e. The Morgan fingerprint density at radius 3 is 2.30 bits per heavy atom. The molecule has 0 aliphatic heterocycles. The number of methoxy groups -OCH3 is 2. The van der Waals surface area contributed by atoms with Gasteiger partial charge in [-0.1, -0.05) is 30.3 Å². The fraction of sp³-hybridized carbons (Fsp3) is 0.300. The van der Waals surface area contributed by atoms with Crippen molar-refractivity contribution in [3.05, 3.63) is 53.6 Å². The van der Waals surface area contributed by atoms with Gasteiger partial charge in [0.1, 0.15) is 5.75 Å². The van der Waals surface area contributed by atoms with Crippen molar-refractivity contribution in [3.63, 3.8) is 0 Å². The molecule has 0 saturated carbocycles. The van der Waals surface area contributed by atoms with Gasteiger partial charge in [-0.25, -0.2) is 0 Å². The van der Waals surface area contributed by atoms with Crippen molar-refractivity contribution in [2.45, 2.75) is 19.8 Å². The van der Waals surface area contributed by atoms with E-state index < -0.39 is 5.91 Å². The van der Waals surface area contributed by atoms with E-state index in [9.17, 15) is 9.59 Å². The molecular weight excluding hydrogens is 348 g/mol. The van der Waals surface area contributed by atoms with Crippen molar-refractivity contribution in [3.8, 4) is 17.2 Å². The minimum atomic E-state index is -0.439. The zero-order valence-corrected chi connectivity index (χ0v) is 15.7. The summed E-state index contributed by atoms with van der Waals surface area (Å²) >= 11 is 0. The van der Waals surface area contributed by atoms with Gasteiger partial charge in [-0.05, 0) is 36.6 Å². The lowest BCUT2D eigenvalue weighted by molar-refractivity contribution is -0.130. The lowest BCUT2D eigenvalue weighted by Crippen LogP contribution is -2.43. The van der Waals surface area contributed by atoms with E-state index in [-0.39, 0.29) is 18.9 Å². The molecule has 7 heteroatoms. The molecule has 0 heterocycles. The summed E-state index contributed by atoms with van der Waals surface area (Å²) in [6.45, 7) is 1.71. The quantitative estimate of drug-likeness (QED) is 0.694. The van der Waals surface area contributed by atoms with Gasteiger partial charge in [0.25, 0.3) is 5.91 Å². The second kappa shape index (κ2) is 10.1. The Morgan fingerprint density at radius 2 is 1.59 bits per heavy atom. The number of hydrogen-bond acceptors (Lipinski definition) is 5. The highest BCUT2D eigenvalue weighted by Crippen LogP contribution is 2.31. The van der Waals surface area contributed by atoms with E-state index >= 15 is 0 Å². The van der Waals surface area contributed by atoms with Crippen molar-refractivity contribution in [2.24, 2.45) is 0 Å². The first-order chi connectivity index (χ1) is 13.0. The fourth-order valence-electron chi connectivity index (χ4n) is 2.50. The summed E-state index contributed by atoms with van der Waals surface area (Å²) in [6, 6.07) is 12.9. The van der Waals surface area contributed by atoms with Gasteiger partial charge in [0.2, 0.25) is 5.91 Å². The molecule has 2 N–H and O–H groups in total. The van der Waals surface area contributed by atoms with Gasteiger partial charge < -0.3 is 14.2 Å². The first-order valence-electron chi connectivity index (χ1n) is 8.51. The van der Waals surface area contributed by atoms with Gasteiger partial charge in [0, 0.05) is 6.42 Å². The highest BCUT2D eigenvalue weighted by Gasteiger charge is 2.12. The number of amides is 2. The number of hydrogen-bond donors (Lipinski definition) is 2. The highest BCUT2D eigenvalue weighted by molar-refractivity contribution is 5.82. The summed E-state index contributed by atoms with van der Waals surface area (Å²) < 4.78 is 16.0. The number of hydrazine groups is 1. The Kier molecular flexibility index (Phi) is 7.49. The standard InChI is InChI=1S/C20H24N2O5/c1-14-7-4-5-9-16(14)27-13-19(24)22-21-18(23)12-11-15-8-6-10-17(25-2)20(15)26-3/h4-10H,11-13H2,1-3H3,(H,21,23)(H,22,24). The van der Waals surface area contributed by atoms with Crippen LogP contribution in [0.1, 0.15) is 17.5 Å². The van der Waals surface area contributed by atoms with Crippen LogP contribution in [0.25, 0.3) is 0 Å². The summed E-state index contributed by atoms with van der Waals surface area (Å²) in [7, 11) is 3.11. The monoisotopic (exact) mass is 372 g/mol. The van der Waals surface area contributed by atoms with Gasteiger partial charge in [-0.15, -0.1) is 0 Å². The van der Waals surface area contributed by atoms with Crippen LogP contribution in [0, 0.1) is 6.92 Å². The molecule has 144 valence electrons. The maximum absolute atomic E-state index is 12.0. The van der Waals surface area contributed by atoms with Crippen LogP contribution in [0.4, 0.5) is 0 Å². The van der Waals surface area contributed by atoms with Crippen LogP contribution in [0.2, 0.25) is 0 Å². The lowest BCUT2D eigenvalue weighted by atomic mass is 10.1. The first kappa shape index (κ1) is 20.1. The molecular formula is C20H24N2O5. The molecule has 7 nitrogen and oxygen atoms in total. The molecule has 0 aliphatic rings. The zero-order chi connectivity index (χ0) is 19.6. The van der Waals surface area contributed by atoms with E-state index in [2.05, 4.69) is 10.9 Å². The summed E-state index contributed by atoms with van der Waals surface area (Å²) in [6.07, 6.45) is 0.629. The molecule has 0 saturated heterocycles. The third-order valence-electron chi connectivity index (χ3n) is 3.90. The maximum Gasteiger partial charge on any atom is 0.276 e. The highest BCUT2D eigenvalue weighted by atomic mass is 16.5. The number of ether oxygens (including phenoxy) is 3. The number of rotatable bonds is 8. The van der Waals surface area contributed by atoms with E-state index in [0.29, 0.717) is 23.7 Å². The largest absolute Gasteiger partial charge is 0.493 e. The Hall–Kier alpha value is -3.22. The van der Waals surface area contributed by atoms with E-state index in [1.54, 1.807) is 26.4 Å². The van der Waals surface area contributed by atoms with E-state index in [0.717, 1.165) is 11.1 Å². The lowest BCUT2D eigenvalue weighted by Gasteiger charge is -2.13. The zero-order valence-electron chi connectivity index (χ0n) is 15.7.